The van der Waals surface area contributed by atoms with Gasteiger partial charge in [0.05, 0.1) is 11.5 Å². The molecule has 0 aromatic rings. The summed E-state index contributed by atoms with van der Waals surface area (Å²) in [5, 5.41) is 17.8. The quantitative estimate of drug-likeness (QED) is 0.573. The summed E-state index contributed by atoms with van der Waals surface area (Å²) in [4.78, 5) is 10.9. The highest BCUT2D eigenvalue weighted by atomic mass is 16.5. The minimum atomic E-state index is -0.875. The molecule has 0 aromatic heterocycles. The molecule has 0 saturated carbocycles. The van der Waals surface area contributed by atoms with Crippen LogP contribution >= 0.6 is 0 Å². The van der Waals surface area contributed by atoms with Crippen molar-refractivity contribution in [2.75, 3.05) is 0 Å². The van der Waals surface area contributed by atoms with E-state index in [-0.39, 0.29) is 0 Å². The molecule has 0 saturated heterocycles. The standard InChI is InChI=1S/C9H19NO3/c1-6(2)5-7(8(11)12)9(3,4)10-13/h6-7,10,13H,5H2,1-4H3,(H,11,12). The fourth-order valence-corrected chi connectivity index (χ4v) is 1.25. The molecule has 0 bridgehead atoms. The van der Waals surface area contributed by atoms with E-state index in [0.29, 0.717) is 12.3 Å². The fraction of sp³-hybridized carbons (Fsp3) is 0.889. The van der Waals surface area contributed by atoms with Gasteiger partial charge < -0.3 is 10.3 Å². The van der Waals surface area contributed by atoms with Crippen molar-refractivity contribution in [2.45, 2.75) is 39.7 Å². The molecule has 1 unspecified atom stereocenters. The Balaban J connectivity index is 4.51. The van der Waals surface area contributed by atoms with Gasteiger partial charge in [-0.1, -0.05) is 13.8 Å². The first-order chi connectivity index (χ1) is 5.81. The normalized spacial score (nSPS) is 14.6. The molecule has 0 rings (SSSR count). The van der Waals surface area contributed by atoms with Gasteiger partial charge in [-0.15, -0.1) is 0 Å². The third kappa shape index (κ3) is 3.74. The van der Waals surface area contributed by atoms with Crippen molar-refractivity contribution in [1.29, 1.82) is 0 Å². The van der Waals surface area contributed by atoms with E-state index in [9.17, 15) is 4.79 Å². The predicted molar refractivity (Wildman–Crippen MR) is 49.6 cm³/mol. The summed E-state index contributed by atoms with van der Waals surface area (Å²) in [5.41, 5.74) is 1.27. The van der Waals surface area contributed by atoms with Gasteiger partial charge in [-0.25, -0.2) is 0 Å². The van der Waals surface area contributed by atoms with Crippen LogP contribution < -0.4 is 5.48 Å². The number of hydroxylamine groups is 1. The van der Waals surface area contributed by atoms with Crippen LogP contribution in [0.25, 0.3) is 0 Å². The third-order valence-electron chi connectivity index (χ3n) is 2.16. The Labute approximate surface area is 78.9 Å². The first-order valence-corrected chi connectivity index (χ1v) is 4.45. The first-order valence-electron chi connectivity index (χ1n) is 4.45. The van der Waals surface area contributed by atoms with Crippen molar-refractivity contribution < 1.29 is 15.1 Å². The van der Waals surface area contributed by atoms with E-state index >= 15 is 0 Å². The van der Waals surface area contributed by atoms with Crippen LogP contribution in [-0.2, 0) is 4.79 Å². The van der Waals surface area contributed by atoms with E-state index in [1.54, 1.807) is 13.8 Å². The van der Waals surface area contributed by atoms with Gasteiger partial charge in [-0.2, -0.15) is 5.48 Å². The number of rotatable bonds is 5. The number of aliphatic carboxylic acids is 1. The maximum Gasteiger partial charge on any atom is 0.308 e. The Morgan fingerprint density at radius 2 is 1.92 bits per heavy atom. The molecule has 0 spiro atoms. The smallest absolute Gasteiger partial charge is 0.308 e. The zero-order valence-corrected chi connectivity index (χ0v) is 8.66. The van der Waals surface area contributed by atoms with Crippen molar-refractivity contribution >= 4 is 5.97 Å². The van der Waals surface area contributed by atoms with Crippen LogP contribution in [0, 0.1) is 11.8 Å². The van der Waals surface area contributed by atoms with Gasteiger partial charge in [0.2, 0.25) is 0 Å². The minimum absolute atomic E-state index is 0.300. The summed E-state index contributed by atoms with van der Waals surface area (Å²) in [6.45, 7) is 7.27. The fourth-order valence-electron chi connectivity index (χ4n) is 1.25. The molecule has 3 N–H and O–H groups in total. The highest BCUT2D eigenvalue weighted by Crippen LogP contribution is 2.23. The molecule has 0 radical (unpaired) electrons. The number of hydrogen-bond donors (Lipinski definition) is 3. The van der Waals surface area contributed by atoms with Gasteiger partial charge in [-0.05, 0) is 26.2 Å². The molecule has 78 valence electrons. The van der Waals surface area contributed by atoms with Crippen LogP contribution in [0.4, 0.5) is 0 Å². The van der Waals surface area contributed by atoms with E-state index in [1.165, 1.54) is 0 Å². The summed E-state index contributed by atoms with van der Waals surface area (Å²) in [5.74, 6) is -1.15. The highest BCUT2D eigenvalue weighted by Gasteiger charge is 2.35. The summed E-state index contributed by atoms with van der Waals surface area (Å²) in [6.07, 6.45) is 0.551. The molecule has 0 aliphatic carbocycles. The molecule has 0 aromatic carbocycles. The molecular formula is C9H19NO3. The van der Waals surface area contributed by atoms with Crippen LogP contribution in [-0.4, -0.2) is 21.8 Å². The average Bonchev–Trinajstić information content (AvgIpc) is 1.99. The monoisotopic (exact) mass is 189 g/mol. The maximum absolute atomic E-state index is 10.9. The average molecular weight is 189 g/mol. The van der Waals surface area contributed by atoms with Crippen molar-refractivity contribution in [3.8, 4) is 0 Å². The van der Waals surface area contributed by atoms with Crippen molar-refractivity contribution in [3.05, 3.63) is 0 Å². The lowest BCUT2D eigenvalue weighted by molar-refractivity contribution is -0.147. The molecule has 13 heavy (non-hydrogen) atoms. The van der Waals surface area contributed by atoms with E-state index in [2.05, 4.69) is 0 Å². The molecule has 4 nitrogen and oxygen atoms in total. The van der Waals surface area contributed by atoms with Gasteiger partial charge in [0.15, 0.2) is 0 Å². The van der Waals surface area contributed by atoms with Crippen molar-refractivity contribution in [2.24, 2.45) is 11.8 Å². The number of carboxylic acids is 1. The molecular weight excluding hydrogens is 170 g/mol. The van der Waals surface area contributed by atoms with E-state index in [0.717, 1.165) is 0 Å². The van der Waals surface area contributed by atoms with Crippen molar-refractivity contribution in [1.82, 2.24) is 5.48 Å². The minimum Gasteiger partial charge on any atom is -0.481 e. The zero-order chi connectivity index (χ0) is 10.6. The Morgan fingerprint density at radius 1 is 1.46 bits per heavy atom. The first kappa shape index (κ1) is 12.4. The largest absolute Gasteiger partial charge is 0.481 e. The predicted octanol–water partition coefficient (Wildman–Crippen LogP) is 1.49. The number of nitrogens with one attached hydrogen (secondary N) is 1. The molecule has 4 heteroatoms. The SMILES string of the molecule is CC(C)CC(C(=O)O)C(C)(C)NO. The second-order valence-corrected chi connectivity index (χ2v) is 4.35. The van der Waals surface area contributed by atoms with Gasteiger partial charge in [0, 0.05) is 0 Å². The Hall–Kier alpha value is -0.610. The molecule has 0 heterocycles. The summed E-state index contributed by atoms with van der Waals surface area (Å²) in [7, 11) is 0. The summed E-state index contributed by atoms with van der Waals surface area (Å²) in [6, 6.07) is 0. The summed E-state index contributed by atoms with van der Waals surface area (Å²) >= 11 is 0. The number of hydrogen-bond acceptors (Lipinski definition) is 3. The van der Waals surface area contributed by atoms with Crippen LogP contribution in [0.3, 0.4) is 0 Å². The van der Waals surface area contributed by atoms with Crippen LogP contribution in [0.2, 0.25) is 0 Å². The van der Waals surface area contributed by atoms with E-state index < -0.39 is 17.4 Å². The van der Waals surface area contributed by atoms with E-state index in [1.807, 2.05) is 19.3 Å². The Morgan fingerprint density at radius 3 is 2.15 bits per heavy atom. The van der Waals surface area contributed by atoms with Gasteiger partial charge in [0.25, 0.3) is 0 Å². The summed E-state index contributed by atoms with van der Waals surface area (Å²) < 4.78 is 0. The third-order valence-corrected chi connectivity index (χ3v) is 2.16. The van der Waals surface area contributed by atoms with E-state index in [4.69, 9.17) is 10.3 Å². The van der Waals surface area contributed by atoms with Gasteiger partial charge in [0.1, 0.15) is 0 Å². The highest BCUT2D eigenvalue weighted by molar-refractivity contribution is 5.71. The lowest BCUT2D eigenvalue weighted by Gasteiger charge is -2.30. The second kappa shape index (κ2) is 4.58. The van der Waals surface area contributed by atoms with Crippen LogP contribution in [0.1, 0.15) is 34.1 Å². The lowest BCUT2D eigenvalue weighted by atomic mass is 9.82. The van der Waals surface area contributed by atoms with Crippen LogP contribution in [0.15, 0.2) is 0 Å². The Bertz CT molecular complexity index is 178. The topological polar surface area (TPSA) is 69.6 Å². The molecule has 0 amide bonds. The molecule has 0 aliphatic rings. The van der Waals surface area contributed by atoms with Gasteiger partial charge in [-0.3, -0.25) is 4.79 Å². The van der Waals surface area contributed by atoms with Crippen LogP contribution in [0.5, 0.6) is 0 Å². The molecule has 0 fully saturated rings. The van der Waals surface area contributed by atoms with Crippen molar-refractivity contribution in [3.63, 3.8) is 0 Å². The number of carboxylic acid groups (broad SMARTS) is 1. The Kier molecular flexibility index (Phi) is 4.36. The number of carbonyl (C=O) groups is 1. The zero-order valence-electron chi connectivity index (χ0n) is 8.66. The van der Waals surface area contributed by atoms with Gasteiger partial charge >= 0.3 is 5.97 Å². The molecule has 0 aliphatic heterocycles. The molecule has 1 atom stereocenters. The lowest BCUT2D eigenvalue weighted by Crippen LogP contribution is -2.48. The second-order valence-electron chi connectivity index (χ2n) is 4.35. The maximum atomic E-state index is 10.9.